The number of hydrogen-bond acceptors (Lipinski definition) is 5. The Morgan fingerprint density at radius 2 is 2.06 bits per heavy atom. The molecule has 1 aliphatic carbocycles. The number of alkyl halides is 3. The molecule has 3 heterocycles. The zero-order valence-corrected chi connectivity index (χ0v) is 17.8. The number of amides is 2. The van der Waals surface area contributed by atoms with Gasteiger partial charge in [-0.15, -0.1) is 13.2 Å². The second-order valence-corrected chi connectivity index (χ2v) is 8.99. The molecule has 1 aromatic rings. The van der Waals surface area contributed by atoms with E-state index >= 15 is 0 Å². The molecule has 10 heteroatoms. The van der Waals surface area contributed by atoms with Gasteiger partial charge >= 0.3 is 6.36 Å². The maximum Gasteiger partial charge on any atom is 0.522 e. The summed E-state index contributed by atoms with van der Waals surface area (Å²) in [5, 5.41) is 2.92. The van der Waals surface area contributed by atoms with Crippen LogP contribution in [0.15, 0.2) is 24.4 Å². The van der Waals surface area contributed by atoms with Gasteiger partial charge in [0.25, 0.3) is 0 Å². The number of halogens is 3. The van der Waals surface area contributed by atoms with Crippen molar-refractivity contribution in [2.24, 2.45) is 5.92 Å². The average molecular weight is 455 g/mol. The van der Waals surface area contributed by atoms with Crippen LogP contribution in [0.5, 0.6) is 0 Å². The van der Waals surface area contributed by atoms with E-state index in [2.05, 4.69) is 15.0 Å². The number of nitrogens with zero attached hydrogens (tertiary/aromatic N) is 2. The number of rotatable bonds is 7. The lowest BCUT2D eigenvalue weighted by Crippen LogP contribution is -2.68. The molecule has 1 N–H and O–H groups in total. The zero-order valence-electron chi connectivity index (χ0n) is 17.8. The fraction of sp³-hybridized carbons (Fsp3) is 0.682. The lowest BCUT2D eigenvalue weighted by Gasteiger charge is -2.54. The molecule has 2 aliphatic heterocycles. The third kappa shape index (κ3) is 5.78. The van der Waals surface area contributed by atoms with Gasteiger partial charge in [-0.3, -0.25) is 19.3 Å². The first kappa shape index (κ1) is 23.0. The predicted molar refractivity (Wildman–Crippen MR) is 107 cm³/mol. The van der Waals surface area contributed by atoms with Crippen molar-refractivity contribution in [2.45, 2.75) is 69.1 Å². The summed E-state index contributed by atoms with van der Waals surface area (Å²) in [4.78, 5) is 30.5. The number of aryl methyl sites for hydroxylation is 1. The van der Waals surface area contributed by atoms with E-state index in [-0.39, 0.29) is 30.8 Å². The molecule has 1 atom stereocenters. The van der Waals surface area contributed by atoms with E-state index in [1.165, 1.54) is 0 Å². The highest BCUT2D eigenvalue weighted by atomic mass is 19.4. The minimum absolute atomic E-state index is 0.0510. The predicted octanol–water partition coefficient (Wildman–Crippen LogP) is 2.60. The Morgan fingerprint density at radius 1 is 1.28 bits per heavy atom. The van der Waals surface area contributed by atoms with Crippen LogP contribution in [-0.2, 0) is 25.5 Å². The van der Waals surface area contributed by atoms with Crippen LogP contribution in [-0.4, -0.2) is 65.5 Å². The Balaban J connectivity index is 1.15. The van der Waals surface area contributed by atoms with Crippen molar-refractivity contribution < 1.29 is 32.2 Å². The monoisotopic (exact) mass is 455 g/mol. The standard InChI is InChI=1S/C22H28F3N3O4/c23-22(24,25)32-18-10-15(11-18)20(30)28-13-21(14-28)8-3-5-17(31-21)12-27-19(29)7-6-16-4-1-2-9-26-16/h1-2,4,9,15,17-18H,3,5-8,10-14H2,(H,27,29). The summed E-state index contributed by atoms with van der Waals surface area (Å²) >= 11 is 0. The highest BCUT2D eigenvalue weighted by Gasteiger charge is 2.52. The zero-order chi connectivity index (χ0) is 22.8. The third-order valence-corrected chi connectivity index (χ3v) is 6.45. The van der Waals surface area contributed by atoms with E-state index in [0.717, 1.165) is 25.0 Å². The van der Waals surface area contributed by atoms with Crippen LogP contribution in [0.2, 0.25) is 0 Å². The van der Waals surface area contributed by atoms with Crippen molar-refractivity contribution in [3.8, 4) is 0 Å². The molecule has 1 unspecified atom stereocenters. The van der Waals surface area contributed by atoms with Crippen LogP contribution in [0, 0.1) is 5.92 Å². The lowest BCUT2D eigenvalue weighted by atomic mass is 9.78. The molecule has 1 aromatic heterocycles. The molecule has 2 saturated heterocycles. The van der Waals surface area contributed by atoms with Gasteiger partial charge in [0.15, 0.2) is 0 Å². The number of likely N-dealkylation sites (tertiary alicyclic amines) is 1. The van der Waals surface area contributed by atoms with Crippen molar-refractivity contribution in [3.63, 3.8) is 0 Å². The fourth-order valence-electron chi connectivity index (χ4n) is 4.72. The average Bonchev–Trinajstić information content (AvgIpc) is 2.71. The maximum absolute atomic E-state index is 12.5. The largest absolute Gasteiger partial charge is 0.522 e. The summed E-state index contributed by atoms with van der Waals surface area (Å²) in [6.45, 7) is 1.34. The molecule has 1 spiro atoms. The summed E-state index contributed by atoms with van der Waals surface area (Å²) in [6, 6.07) is 5.61. The van der Waals surface area contributed by atoms with Crippen LogP contribution in [0.1, 0.15) is 44.2 Å². The normalized spacial score (nSPS) is 26.8. The first-order valence-corrected chi connectivity index (χ1v) is 11.1. The van der Waals surface area contributed by atoms with Gasteiger partial charge in [0.05, 0.1) is 25.3 Å². The number of aromatic nitrogens is 1. The number of carbonyl (C=O) groups is 2. The molecular formula is C22H28F3N3O4. The molecule has 7 nitrogen and oxygen atoms in total. The Labute approximate surface area is 184 Å². The summed E-state index contributed by atoms with van der Waals surface area (Å²) in [6.07, 6.45) is -0.197. The van der Waals surface area contributed by atoms with E-state index in [0.29, 0.717) is 32.5 Å². The highest BCUT2D eigenvalue weighted by molar-refractivity contribution is 5.81. The van der Waals surface area contributed by atoms with Gasteiger partial charge < -0.3 is 15.0 Å². The van der Waals surface area contributed by atoms with Crippen molar-refractivity contribution in [3.05, 3.63) is 30.1 Å². The van der Waals surface area contributed by atoms with Crippen LogP contribution >= 0.6 is 0 Å². The molecule has 3 aliphatic rings. The van der Waals surface area contributed by atoms with Crippen LogP contribution in [0.4, 0.5) is 13.2 Å². The van der Waals surface area contributed by atoms with Crippen molar-refractivity contribution >= 4 is 11.8 Å². The van der Waals surface area contributed by atoms with Gasteiger partial charge in [0.1, 0.15) is 5.60 Å². The molecule has 0 aromatic carbocycles. The van der Waals surface area contributed by atoms with Gasteiger partial charge in [-0.05, 0) is 50.7 Å². The SMILES string of the molecule is O=C(CCc1ccccn1)NCC1CCCC2(CN(C(=O)C3CC(OC(F)(F)F)C3)C2)O1. The molecule has 1 saturated carbocycles. The number of carbonyl (C=O) groups excluding carboxylic acids is 2. The van der Waals surface area contributed by atoms with Gasteiger partial charge in [-0.25, -0.2) is 0 Å². The van der Waals surface area contributed by atoms with Crippen molar-refractivity contribution in [2.75, 3.05) is 19.6 Å². The Morgan fingerprint density at radius 3 is 2.75 bits per heavy atom. The Kier molecular flexibility index (Phi) is 6.71. The van der Waals surface area contributed by atoms with E-state index in [9.17, 15) is 22.8 Å². The topological polar surface area (TPSA) is 80.8 Å². The van der Waals surface area contributed by atoms with Gasteiger partial charge in [0.2, 0.25) is 11.8 Å². The van der Waals surface area contributed by atoms with Crippen LogP contribution in [0.3, 0.4) is 0 Å². The van der Waals surface area contributed by atoms with Crippen LogP contribution in [0.25, 0.3) is 0 Å². The minimum atomic E-state index is -4.65. The highest BCUT2D eigenvalue weighted by Crippen LogP contribution is 2.41. The number of ether oxygens (including phenoxy) is 2. The summed E-state index contributed by atoms with van der Waals surface area (Å²) in [7, 11) is 0. The molecule has 0 bridgehead atoms. The molecule has 4 rings (SSSR count). The quantitative estimate of drug-likeness (QED) is 0.684. The summed E-state index contributed by atoms with van der Waals surface area (Å²) in [5.41, 5.74) is 0.473. The number of hydrogen-bond donors (Lipinski definition) is 1. The lowest BCUT2D eigenvalue weighted by molar-refractivity contribution is -0.353. The maximum atomic E-state index is 12.5. The second-order valence-electron chi connectivity index (χ2n) is 8.99. The molecule has 32 heavy (non-hydrogen) atoms. The molecular weight excluding hydrogens is 427 g/mol. The number of pyridine rings is 1. The second kappa shape index (κ2) is 9.35. The molecule has 0 radical (unpaired) electrons. The molecule has 176 valence electrons. The van der Waals surface area contributed by atoms with Gasteiger partial charge in [-0.2, -0.15) is 0 Å². The van der Waals surface area contributed by atoms with Gasteiger partial charge in [-0.1, -0.05) is 6.07 Å². The van der Waals surface area contributed by atoms with E-state index in [4.69, 9.17) is 4.74 Å². The van der Waals surface area contributed by atoms with Crippen molar-refractivity contribution in [1.29, 1.82) is 0 Å². The minimum Gasteiger partial charge on any atom is -0.366 e. The molecule has 2 amide bonds. The Hall–Kier alpha value is -2.20. The van der Waals surface area contributed by atoms with E-state index in [1.54, 1.807) is 11.1 Å². The Bertz CT molecular complexity index is 808. The van der Waals surface area contributed by atoms with Crippen molar-refractivity contribution in [1.82, 2.24) is 15.2 Å². The smallest absolute Gasteiger partial charge is 0.366 e. The summed E-state index contributed by atoms with van der Waals surface area (Å²) < 4.78 is 46.9. The molecule has 3 fully saturated rings. The number of nitrogens with one attached hydrogen (secondary N) is 1. The first-order valence-electron chi connectivity index (χ1n) is 11.1. The van der Waals surface area contributed by atoms with E-state index < -0.39 is 24.0 Å². The van der Waals surface area contributed by atoms with Crippen LogP contribution < -0.4 is 5.32 Å². The third-order valence-electron chi connectivity index (χ3n) is 6.45. The fourth-order valence-corrected chi connectivity index (χ4v) is 4.72. The van der Waals surface area contributed by atoms with E-state index in [1.807, 2.05) is 18.2 Å². The van der Waals surface area contributed by atoms with Gasteiger partial charge in [0, 0.05) is 30.8 Å². The first-order chi connectivity index (χ1) is 15.2. The summed E-state index contributed by atoms with van der Waals surface area (Å²) in [5.74, 6) is -0.575.